The second kappa shape index (κ2) is 8.69. The second-order valence-electron chi connectivity index (χ2n) is 8.26. The summed E-state index contributed by atoms with van der Waals surface area (Å²) in [6.07, 6.45) is 4.69. The van der Waals surface area contributed by atoms with Crippen LogP contribution >= 0.6 is 11.6 Å². The van der Waals surface area contributed by atoms with Gasteiger partial charge in [-0.3, -0.25) is 4.79 Å². The summed E-state index contributed by atoms with van der Waals surface area (Å²) in [5, 5.41) is 0.161. The minimum absolute atomic E-state index is 0.0306. The van der Waals surface area contributed by atoms with Crippen LogP contribution in [0.5, 0.6) is 0 Å². The van der Waals surface area contributed by atoms with Crippen molar-refractivity contribution >= 4 is 27.5 Å². The average molecular weight is 447 g/mol. The van der Waals surface area contributed by atoms with E-state index in [0.717, 1.165) is 37.7 Å². The van der Waals surface area contributed by atoms with E-state index in [-0.39, 0.29) is 21.9 Å². The highest BCUT2D eigenvalue weighted by Gasteiger charge is 2.34. The van der Waals surface area contributed by atoms with E-state index in [1.54, 1.807) is 6.07 Å². The van der Waals surface area contributed by atoms with E-state index in [0.29, 0.717) is 25.2 Å². The molecule has 4 rings (SSSR count). The number of piperidine rings is 1. The number of aryl methyl sites for hydroxylation is 1. The number of carbonyl (C=O) groups is 1. The molecule has 2 aromatic rings. The van der Waals surface area contributed by atoms with Gasteiger partial charge in [-0.2, -0.15) is 4.31 Å². The van der Waals surface area contributed by atoms with Gasteiger partial charge in [-0.1, -0.05) is 47.9 Å². The van der Waals surface area contributed by atoms with Crippen LogP contribution in [0.15, 0.2) is 47.4 Å². The van der Waals surface area contributed by atoms with Gasteiger partial charge >= 0.3 is 0 Å². The SMILES string of the molecule is Cc1ccc(CN(C(=O)c2ccc(Cl)c(S(=O)(=O)N3CCCCC3)c2)C2CC2)cc1. The number of rotatable bonds is 6. The van der Waals surface area contributed by atoms with Crippen LogP contribution in [-0.4, -0.2) is 42.7 Å². The van der Waals surface area contributed by atoms with Crippen LogP contribution < -0.4 is 0 Å². The van der Waals surface area contributed by atoms with Crippen molar-refractivity contribution in [3.63, 3.8) is 0 Å². The molecule has 2 aromatic carbocycles. The summed E-state index contributed by atoms with van der Waals surface area (Å²) in [5.74, 6) is -0.148. The molecule has 30 heavy (non-hydrogen) atoms. The topological polar surface area (TPSA) is 57.7 Å². The Labute approximate surface area is 183 Å². The van der Waals surface area contributed by atoms with Gasteiger partial charge in [-0.05, 0) is 56.4 Å². The molecule has 1 aliphatic carbocycles. The Morgan fingerprint density at radius 1 is 1.07 bits per heavy atom. The Bertz CT molecular complexity index is 1030. The van der Waals surface area contributed by atoms with Gasteiger partial charge in [0.05, 0.1) is 5.02 Å². The number of benzene rings is 2. The zero-order valence-electron chi connectivity index (χ0n) is 17.2. The Balaban J connectivity index is 1.61. The van der Waals surface area contributed by atoms with Crippen molar-refractivity contribution in [1.29, 1.82) is 0 Å². The summed E-state index contributed by atoms with van der Waals surface area (Å²) in [6.45, 7) is 3.54. The van der Waals surface area contributed by atoms with Crippen LogP contribution in [0.4, 0.5) is 0 Å². The van der Waals surface area contributed by atoms with Gasteiger partial charge in [-0.25, -0.2) is 8.42 Å². The highest BCUT2D eigenvalue weighted by molar-refractivity contribution is 7.89. The summed E-state index contributed by atoms with van der Waals surface area (Å²) in [5.41, 5.74) is 2.61. The third-order valence-corrected chi connectivity index (χ3v) is 8.21. The average Bonchev–Trinajstić information content (AvgIpc) is 3.59. The molecular weight excluding hydrogens is 420 g/mol. The van der Waals surface area contributed by atoms with Gasteiger partial charge in [0.25, 0.3) is 5.91 Å². The van der Waals surface area contributed by atoms with Crippen LogP contribution in [0, 0.1) is 6.92 Å². The van der Waals surface area contributed by atoms with Crippen molar-refractivity contribution in [2.45, 2.75) is 56.5 Å². The van der Waals surface area contributed by atoms with Crippen molar-refractivity contribution in [2.75, 3.05) is 13.1 Å². The normalized spacial score (nSPS) is 17.7. The van der Waals surface area contributed by atoms with Crippen LogP contribution in [0.2, 0.25) is 5.02 Å². The molecule has 5 nitrogen and oxygen atoms in total. The van der Waals surface area contributed by atoms with E-state index < -0.39 is 10.0 Å². The van der Waals surface area contributed by atoms with Crippen LogP contribution in [-0.2, 0) is 16.6 Å². The largest absolute Gasteiger partial charge is 0.331 e. The van der Waals surface area contributed by atoms with E-state index >= 15 is 0 Å². The minimum Gasteiger partial charge on any atom is -0.331 e. The summed E-state index contributed by atoms with van der Waals surface area (Å²) >= 11 is 6.27. The quantitative estimate of drug-likeness (QED) is 0.650. The van der Waals surface area contributed by atoms with Crippen LogP contribution in [0.1, 0.15) is 53.6 Å². The maximum atomic E-state index is 13.3. The predicted octanol–water partition coefficient (Wildman–Crippen LogP) is 4.63. The van der Waals surface area contributed by atoms with Crippen molar-refractivity contribution in [1.82, 2.24) is 9.21 Å². The molecule has 1 saturated carbocycles. The molecule has 1 aliphatic heterocycles. The predicted molar refractivity (Wildman–Crippen MR) is 118 cm³/mol. The Morgan fingerprint density at radius 3 is 2.37 bits per heavy atom. The Morgan fingerprint density at radius 2 is 1.73 bits per heavy atom. The highest BCUT2D eigenvalue weighted by Crippen LogP contribution is 2.32. The molecule has 0 radical (unpaired) electrons. The first kappa shape index (κ1) is 21.3. The van der Waals surface area contributed by atoms with Crippen molar-refractivity contribution in [3.05, 3.63) is 64.2 Å². The number of halogens is 1. The third-order valence-electron chi connectivity index (χ3n) is 5.83. The number of hydrogen-bond donors (Lipinski definition) is 0. The smallest absolute Gasteiger partial charge is 0.254 e. The number of carbonyl (C=O) groups excluding carboxylic acids is 1. The van der Waals surface area contributed by atoms with Gasteiger partial charge in [0, 0.05) is 31.2 Å². The molecule has 0 atom stereocenters. The lowest BCUT2D eigenvalue weighted by Crippen LogP contribution is -2.36. The van der Waals surface area contributed by atoms with Crippen molar-refractivity contribution in [3.8, 4) is 0 Å². The molecule has 0 N–H and O–H groups in total. The lowest BCUT2D eigenvalue weighted by atomic mass is 10.1. The van der Waals surface area contributed by atoms with Crippen molar-refractivity contribution in [2.24, 2.45) is 0 Å². The molecule has 1 amide bonds. The first-order chi connectivity index (χ1) is 14.4. The summed E-state index contributed by atoms with van der Waals surface area (Å²) in [7, 11) is -3.71. The van der Waals surface area contributed by atoms with Gasteiger partial charge in [0.2, 0.25) is 10.0 Å². The standard InChI is InChI=1S/C23H27ClN2O3S/c1-17-5-7-18(8-6-17)16-26(20-10-11-20)23(27)19-9-12-21(24)22(15-19)30(28,29)25-13-3-2-4-14-25/h5-9,12,15,20H,2-4,10-11,13-14,16H2,1H3. The minimum atomic E-state index is -3.71. The Kier molecular flexibility index (Phi) is 6.19. The maximum absolute atomic E-state index is 13.3. The molecule has 1 saturated heterocycles. The van der Waals surface area contributed by atoms with Gasteiger partial charge < -0.3 is 4.90 Å². The zero-order chi connectivity index (χ0) is 21.3. The number of hydrogen-bond acceptors (Lipinski definition) is 3. The molecule has 0 bridgehead atoms. The fourth-order valence-electron chi connectivity index (χ4n) is 3.89. The summed E-state index contributed by atoms with van der Waals surface area (Å²) in [6, 6.07) is 13.0. The molecule has 2 aliphatic rings. The monoisotopic (exact) mass is 446 g/mol. The fraction of sp³-hybridized carbons (Fsp3) is 0.435. The molecule has 0 unspecified atom stereocenters. The lowest BCUT2D eigenvalue weighted by Gasteiger charge is -2.27. The Hall–Kier alpha value is -1.89. The molecule has 7 heteroatoms. The zero-order valence-corrected chi connectivity index (χ0v) is 18.8. The first-order valence-corrected chi connectivity index (χ1v) is 12.3. The van der Waals surface area contributed by atoms with E-state index in [9.17, 15) is 13.2 Å². The van der Waals surface area contributed by atoms with Crippen molar-refractivity contribution < 1.29 is 13.2 Å². The molecular formula is C23H27ClN2O3S. The molecule has 160 valence electrons. The maximum Gasteiger partial charge on any atom is 0.254 e. The second-order valence-corrected chi connectivity index (χ2v) is 10.6. The summed E-state index contributed by atoms with van der Waals surface area (Å²) in [4.78, 5) is 15.2. The molecule has 2 fully saturated rings. The number of sulfonamides is 1. The highest BCUT2D eigenvalue weighted by atomic mass is 35.5. The number of nitrogens with zero attached hydrogens (tertiary/aromatic N) is 2. The van der Waals surface area contributed by atoms with E-state index in [1.807, 2.05) is 36.1 Å². The third kappa shape index (κ3) is 4.56. The van der Waals surface area contributed by atoms with E-state index in [2.05, 4.69) is 0 Å². The number of amides is 1. The van der Waals surface area contributed by atoms with E-state index in [1.165, 1.54) is 22.0 Å². The molecule has 0 spiro atoms. The van der Waals surface area contributed by atoms with Gasteiger partial charge in [-0.15, -0.1) is 0 Å². The van der Waals surface area contributed by atoms with Crippen LogP contribution in [0.25, 0.3) is 0 Å². The lowest BCUT2D eigenvalue weighted by molar-refractivity contribution is 0.0729. The summed E-state index contributed by atoms with van der Waals surface area (Å²) < 4.78 is 27.8. The fourth-order valence-corrected chi connectivity index (χ4v) is 5.90. The molecule has 0 aromatic heterocycles. The van der Waals surface area contributed by atoms with Gasteiger partial charge in [0.15, 0.2) is 0 Å². The van der Waals surface area contributed by atoms with Gasteiger partial charge in [0.1, 0.15) is 4.90 Å². The van der Waals surface area contributed by atoms with E-state index in [4.69, 9.17) is 11.6 Å². The van der Waals surface area contributed by atoms with Crippen LogP contribution in [0.3, 0.4) is 0 Å². The molecule has 1 heterocycles. The first-order valence-electron chi connectivity index (χ1n) is 10.5.